The standard InChI is InChI=1S/C57H35N5S/c1-3-18-36(19-4-1)39-27-17-28-44-46-34-38(61-48-29-12-7-22-40(48)41-23-8-13-30-49(41)61)35-47(54(46)63-53(39)44)57-59-55(37-20-5-2-6-21-37)58-56(60-57)45-26-11-16-33-52(45)62-50-31-14-9-24-42(50)43-25-10-15-32-51(43)62/h1-35H/i2D,5D,6D,20D,21D. The summed E-state index contributed by atoms with van der Waals surface area (Å²) in [4.78, 5) is 15.7. The number of rotatable bonds is 6. The molecule has 0 aliphatic carbocycles. The average molecular weight is 827 g/mol. The molecule has 0 spiro atoms. The maximum absolute atomic E-state index is 9.17. The Hall–Kier alpha value is -8.19. The largest absolute Gasteiger partial charge is 0.309 e. The van der Waals surface area contributed by atoms with Gasteiger partial charge in [-0.05, 0) is 59.7 Å². The van der Waals surface area contributed by atoms with Crippen molar-refractivity contribution in [2.75, 3.05) is 0 Å². The molecule has 0 bridgehead atoms. The monoisotopic (exact) mass is 826 g/mol. The van der Waals surface area contributed by atoms with E-state index in [1.807, 2.05) is 54.6 Å². The van der Waals surface area contributed by atoms with E-state index < -0.39 is 30.2 Å². The van der Waals surface area contributed by atoms with Gasteiger partial charge in [0.05, 0.1) is 34.6 Å². The van der Waals surface area contributed by atoms with Crippen molar-refractivity contribution in [2.45, 2.75) is 0 Å². The van der Waals surface area contributed by atoms with Gasteiger partial charge in [-0.25, -0.2) is 15.0 Å². The van der Waals surface area contributed by atoms with Gasteiger partial charge in [0.15, 0.2) is 17.5 Å². The summed E-state index contributed by atoms with van der Waals surface area (Å²) in [7, 11) is 0. The van der Waals surface area contributed by atoms with Gasteiger partial charge in [-0.2, -0.15) is 0 Å². The SMILES string of the molecule is [2H]c1c([2H])c([2H])c(-c2nc(-c3ccccc3-n3c4ccccc4c4ccccc43)nc(-c3cc(-n4c5ccccc5c5ccccc54)cc4c3sc3c(-c5ccccc5)cccc34)n2)c([2H])c1[2H]. The average Bonchev–Trinajstić information content (AvgIpc) is 4.05. The summed E-state index contributed by atoms with van der Waals surface area (Å²) in [5.74, 6) is 0.561. The lowest BCUT2D eigenvalue weighted by Crippen LogP contribution is -2.04. The van der Waals surface area contributed by atoms with Crippen LogP contribution in [0.15, 0.2) is 212 Å². The maximum Gasteiger partial charge on any atom is 0.166 e. The normalized spacial score (nSPS) is 12.9. The summed E-state index contributed by atoms with van der Waals surface area (Å²) in [6.45, 7) is 0. The van der Waals surface area contributed by atoms with Crippen LogP contribution < -0.4 is 0 Å². The smallest absolute Gasteiger partial charge is 0.166 e. The van der Waals surface area contributed by atoms with E-state index in [9.17, 15) is 2.74 Å². The Morgan fingerprint density at radius 2 is 0.857 bits per heavy atom. The molecule has 6 heteroatoms. The number of hydrogen-bond acceptors (Lipinski definition) is 4. The van der Waals surface area contributed by atoms with Crippen molar-refractivity contribution in [1.29, 1.82) is 0 Å². The fourth-order valence-corrected chi connectivity index (χ4v) is 10.7. The lowest BCUT2D eigenvalue weighted by Gasteiger charge is -2.15. The molecule has 13 aromatic rings. The van der Waals surface area contributed by atoms with Crippen LogP contribution in [0, 0.1) is 0 Å². The summed E-state index contributed by atoms with van der Waals surface area (Å²) < 4.78 is 50.8. The number of hydrogen-bond donors (Lipinski definition) is 0. The van der Waals surface area contributed by atoms with E-state index in [1.54, 1.807) is 11.3 Å². The Labute approximate surface area is 373 Å². The molecule has 63 heavy (non-hydrogen) atoms. The minimum atomic E-state index is -0.491. The van der Waals surface area contributed by atoms with Crippen LogP contribution in [0.25, 0.3) is 120 Å². The second-order valence-corrected chi connectivity index (χ2v) is 16.6. The minimum Gasteiger partial charge on any atom is -0.309 e. The van der Waals surface area contributed by atoms with Crippen LogP contribution in [-0.2, 0) is 0 Å². The van der Waals surface area contributed by atoms with E-state index in [0.717, 1.165) is 86.3 Å². The molecule has 0 atom stereocenters. The van der Waals surface area contributed by atoms with Gasteiger partial charge in [-0.15, -0.1) is 11.3 Å². The third-order valence-electron chi connectivity index (χ3n) is 12.1. The highest BCUT2D eigenvalue weighted by molar-refractivity contribution is 7.26. The summed E-state index contributed by atoms with van der Waals surface area (Å²) in [5.41, 5.74) is 9.28. The van der Waals surface area contributed by atoms with E-state index in [4.69, 9.17) is 19.1 Å². The number of para-hydroxylation sites is 5. The third-order valence-corrected chi connectivity index (χ3v) is 13.4. The third kappa shape index (κ3) is 5.59. The van der Waals surface area contributed by atoms with Crippen LogP contribution in [0.2, 0.25) is 0 Å². The van der Waals surface area contributed by atoms with Crippen LogP contribution in [0.5, 0.6) is 0 Å². The molecule has 0 saturated carbocycles. The van der Waals surface area contributed by atoms with Crippen molar-refractivity contribution in [2.24, 2.45) is 0 Å². The zero-order chi connectivity index (χ0) is 45.8. The molecule has 0 aliphatic heterocycles. The van der Waals surface area contributed by atoms with Crippen LogP contribution in [0.3, 0.4) is 0 Å². The molecule has 0 saturated heterocycles. The molecule has 0 fully saturated rings. The summed E-state index contributed by atoms with van der Waals surface area (Å²) in [6, 6.07) is 60.3. The van der Waals surface area contributed by atoms with Gasteiger partial charge in [0.2, 0.25) is 0 Å². The predicted molar refractivity (Wildman–Crippen MR) is 263 cm³/mol. The second-order valence-electron chi connectivity index (χ2n) is 15.6. The van der Waals surface area contributed by atoms with Gasteiger partial charge in [0, 0.05) is 64.1 Å². The first-order chi connectivity index (χ1) is 33.3. The molecule has 4 heterocycles. The van der Waals surface area contributed by atoms with Gasteiger partial charge < -0.3 is 9.13 Å². The molecule has 0 N–H and O–H groups in total. The number of fused-ring (bicyclic) bond motifs is 9. The van der Waals surface area contributed by atoms with Crippen LogP contribution in [-0.4, -0.2) is 24.1 Å². The highest BCUT2D eigenvalue weighted by Gasteiger charge is 2.23. The molecule has 9 aromatic carbocycles. The van der Waals surface area contributed by atoms with E-state index in [-0.39, 0.29) is 17.2 Å². The van der Waals surface area contributed by atoms with Crippen molar-refractivity contribution < 1.29 is 6.85 Å². The van der Waals surface area contributed by atoms with Crippen molar-refractivity contribution in [3.05, 3.63) is 212 Å². The number of nitrogens with zero attached hydrogens (tertiary/aromatic N) is 5. The first kappa shape index (κ1) is 30.8. The fourth-order valence-electron chi connectivity index (χ4n) is 9.36. The zero-order valence-electron chi connectivity index (χ0n) is 38.5. The second kappa shape index (κ2) is 14.2. The quantitative estimate of drug-likeness (QED) is 0.168. The van der Waals surface area contributed by atoms with Gasteiger partial charge >= 0.3 is 0 Å². The molecule has 5 nitrogen and oxygen atoms in total. The summed E-state index contributed by atoms with van der Waals surface area (Å²) in [6.07, 6.45) is 0. The molecule has 13 rings (SSSR count). The van der Waals surface area contributed by atoms with E-state index in [0.29, 0.717) is 17.0 Å². The van der Waals surface area contributed by atoms with Crippen LogP contribution in [0.1, 0.15) is 6.85 Å². The Morgan fingerprint density at radius 3 is 1.51 bits per heavy atom. The molecule has 294 valence electrons. The van der Waals surface area contributed by atoms with Gasteiger partial charge in [-0.1, -0.05) is 164 Å². The Bertz CT molecular complexity index is 4100. The highest BCUT2D eigenvalue weighted by atomic mass is 32.1. The lowest BCUT2D eigenvalue weighted by atomic mass is 10.0. The van der Waals surface area contributed by atoms with Crippen molar-refractivity contribution in [1.82, 2.24) is 24.1 Å². The number of benzene rings is 9. The maximum atomic E-state index is 9.17. The molecule has 0 radical (unpaired) electrons. The first-order valence-electron chi connectivity index (χ1n) is 23.3. The van der Waals surface area contributed by atoms with Crippen molar-refractivity contribution >= 4 is 75.1 Å². The molecule has 0 amide bonds. The van der Waals surface area contributed by atoms with Crippen molar-refractivity contribution in [3.8, 4) is 56.7 Å². The minimum absolute atomic E-state index is 0.0273. The lowest BCUT2D eigenvalue weighted by molar-refractivity contribution is 1.07. The Balaban J connectivity index is 1.16. The van der Waals surface area contributed by atoms with Crippen LogP contribution in [0.4, 0.5) is 0 Å². The fraction of sp³-hybridized carbons (Fsp3) is 0. The topological polar surface area (TPSA) is 48.5 Å². The van der Waals surface area contributed by atoms with E-state index >= 15 is 0 Å². The summed E-state index contributed by atoms with van der Waals surface area (Å²) in [5, 5.41) is 6.52. The molecular formula is C57H35N5S. The predicted octanol–water partition coefficient (Wildman–Crippen LogP) is 15.1. The number of aromatic nitrogens is 5. The Morgan fingerprint density at radius 1 is 0.365 bits per heavy atom. The highest BCUT2D eigenvalue weighted by Crippen LogP contribution is 2.46. The van der Waals surface area contributed by atoms with Gasteiger partial charge in [0.25, 0.3) is 0 Å². The van der Waals surface area contributed by atoms with Crippen LogP contribution >= 0.6 is 11.3 Å². The zero-order valence-corrected chi connectivity index (χ0v) is 34.3. The first-order valence-corrected chi connectivity index (χ1v) is 21.6. The molecular weight excluding hydrogens is 787 g/mol. The van der Waals surface area contributed by atoms with Gasteiger partial charge in [-0.3, -0.25) is 0 Å². The van der Waals surface area contributed by atoms with E-state index in [2.05, 4.69) is 137 Å². The van der Waals surface area contributed by atoms with Gasteiger partial charge in [0.1, 0.15) is 0 Å². The van der Waals surface area contributed by atoms with Crippen molar-refractivity contribution in [3.63, 3.8) is 0 Å². The molecule has 0 unspecified atom stereocenters. The number of thiophene rings is 1. The Kier molecular flexibility index (Phi) is 6.94. The summed E-state index contributed by atoms with van der Waals surface area (Å²) >= 11 is 1.67. The van der Waals surface area contributed by atoms with E-state index in [1.165, 1.54) is 0 Å². The molecule has 0 aliphatic rings. The molecule has 4 aromatic heterocycles.